The van der Waals surface area contributed by atoms with Crippen molar-refractivity contribution in [1.82, 2.24) is 4.90 Å². The maximum absolute atomic E-state index is 11.0. The molecule has 1 aliphatic heterocycles. The van der Waals surface area contributed by atoms with Crippen LogP contribution in [0.4, 0.5) is 0 Å². The van der Waals surface area contributed by atoms with Crippen molar-refractivity contribution in [2.45, 2.75) is 20.0 Å². The van der Waals surface area contributed by atoms with Crippen LogP contribution in [0.25, 0.3) is 0 Å². The topological polar surface area (TPSA) is 29.5 Å². The van der Waals surface area contributed by atoms with Crippen LogP contribution in [-0.4, -0.2) is 38.4 Å². The van der Waals surface area contributed by atoms with Crippen molar-refractivity contribution >= 4 is 14.2 Å². The van der Waals surface area contributed by atoms with E-state index in [1.54, 1.807) is 6.92 Å². The summed E-state index contributed by atoms with van der Waals surface area (Å²) in [5, 5.41) is 0. The van der Waals surface area contributed by atoms with E-state index in [0.29, 0.717) is 0 Å². The second-order valence-electron chi connectivity index (χ2n) is 3.55. The number of carbonyl (C=O) groups excluding carboxylic acids is 1. The number of hydrogen-bond donors (Lipinski definition) is 0. The summed E-state index contributed by atoms with van der Waals surface area (Å²) in [7, 11) is -1.51. The third-order valence-electron chi connectivity index (χ3n) is 1.87. The molecule has 1 amide bonds. The molecule has 0 N–H and O–H groups in total. The molecule has 0 saturated carbocycles. The number of amides is 1. The molecule has 0 bridgehead atoms. The minimum Gasteiger partial charge on any atom is -0.414 e. The summed E-state index contributed by atoms with van der Waals surface area (Å²) in [6, 6.07) is 0. The molecule has 0 atom stereocenters. The minimum atomic E-state index is -1.51. The van der Waals surface area contributed by atoms with E-state index in [9.17, 15) is 4.79 Å². The molecule has 1 rings (SSSR count). The lowest BCUT2D eigenvalue weighted by atomic mass is 10.5. The van der Waals surface area contributed by atoms with E-state index in [1.165, 1.54) is 0 Å². The Labute approximate surface area is 68.5 Å². The van der Waals surface area contributed by atoms with Crippen LogP contribution in [0.3, 0.4) is 0 Å². The highest BCUT2D eigenvalue weighted by Crippen LogP contribution is 2.12. The summed E-state index contributed by atoms with van der Waals surface area (Å²) in [5.74, 6) is 0.175. The Morgan fingerprint density at radius 3 is 2.55 bits per heavy atom. The molecule has 4 heteroatoms. The van der Waals surface area contributed by atoms with E-state index in [4.69, 9.17) is 4.43 Å². The maximum atomic E-state index is 11.0. The maximum Gasteiger partial charge on any atom is 0.219 e. The van der Waals surface area contributed by atoms with E-state index in [0.717, 1.165) is 19.3 Å². The van der Waals surface area contributed by atoms with Crippen molar-refractivity contribution in [3.05, 3.63) is 0 Å². The van der Waals surface area contributed by atoms with Crippen LogP contribution in [0, 0.1) is 0 Å². The van der Waals surface area contributed by atoms with Gasteiger partial charge in [0.05, 0.1) is 6.61 Å². The van der Waals surface area contributed by atoms with Crippen LogP contribution in [-0.2, 0) is 9.22 Å². The highest BCUT2D eigenvalue weighted by Gasteiger charge is 2.30. The standard InChI is InChI=1S/C7H15NO2Si/c1-7(9)8-4-5-10-11(2,3)6-8/h4-6H2,1-3H3. The number of rotatable bonds is 0. The molecule has 1 aliphatic rings. The molecule has 0 aromatic carbocycles. The largest absolute Gasteiger partial charge is 0.414 e. The molecule has 1 heterocycles. The van der Waals surface area contributed by atoms with Crippen molar-refractivity contribution in [3.63, 3.8) is 0 Å². The SMILES string of the molecule is CC(=O)N1CCO[Si](C)(C)C1. The van der Waals surface area contributed by atoms with Gasteiger partial charge in [-0.3, -0.25) is 4.79 Å². The van der Waals surface area contributed by atoms with Gasteiger partial charge in [-0.15, -0.1) is 0 Å². The lowest BCUT2D eigenvalue weighted by Gasteiger charge is -2.36. The van der Waals surface area contributed by atoms with Crippen LogP contribution in [0.15, 0.2) is 0 Å². The zero-order chi connectivity index (χ0) is 8.48. The average Bonchev–Trinajstić information content (AvgIpc) is 1.85. The van der Waals surface area contributed by atoms with Gasteiger partial charge in [0.2, 0.25) is 14.2 Å². The smallest absolute Gasteiger partial charge is 0.219 e. The van der Waals surface area contributed by atoms with Gasteiger partial charge in [0, 0.05) is 19.6 Å². The van der Waals surface area contributed by atoms with Gasteiger partial charge in [-0.25, -0.2) is 0 Å². The molecule has 0 spiro atoms. The van der Waals surface area contributed by atoms with Crippen LogP contribution in [0.2, 0.25) is 13.1 Å². The predicted molar refractivity (Wildman–Crippen MR) is 45.7 cm³/mol. The Hall–Kier alpha value is -0.353. The molecular formula is C7H15NO2Si. The van der Waals surface area contributed by atoms with Gasteiger partial charge >= 0.3 is 0 Å². The molecule has 0 unspecified atom stereocenters. The lowest BCUT2D eigenvalue weighted by molar-refractivity contribution is -0.129. The normalized spacial score (nSPS) is 23.4. The van der Waals surface area contributed by atoms with Crippen molar-refractivity contribution in [2.24, 2.45) is 0 Å². The fraction of sp³-hybridized carbons (Fsp3) is 0.857. The molecule has 1 fully saturated rings. The average molecular weight is 173 g/mol. The molecule has 3 nitrogen and oxygen atoms in total. The summed E-state index contributed by atoms with van der Waals surface area (Å²) in [6.07, 6.45) is 0.850. The Balaban J connectivity index is 2.53. The first kappa shape index (κ1) is 8.74. The van der Waals surface area contributed by atoms with Crippen molar-refractivity contribution in [2.75, 3.05) is 19.3 Å². The molecule has 0 radical (unpaired) electrons. The molecule has 0 aromatic heterocycles. The third-order valence-corrected chi connectivity index (χ3v) is 4.00. The van der Waals surface area contributed by atoms with Gasteiger partial charge in [0.1, 0.15) is 0 Å². The van der Waals surface area contributed by atoms with Crippen LogP contribution >= 0.6 is 0 Å². The summed E-state index contributed by atoms with van der Waals surface area (Å²) in [4.78, 5) is 12.9. The molecule has 0 aromatic rings. The molecule has 1 saturated heterocycles. The summed E-state index contributed by atoms with van der Waals surface area (Å²) in [6.45, 7) is 7.39. The van der Waals surface area contributed by atoms with E-state index < -0.39 is 8.32 Å². The van der Waals surface area contributed by atoms with Gasteiger partial charge in [-0.2, -0.15) is 0 Å². The Morgan fingerprint density at radius 1 is 1.55 bits per heavy atom. The van der Waals surface area contributed by atoms with Gasteiger partial charge in [0.15, 0.2) is 0 Å². The molecule has 0 aliphatic carbocycles. The first-order valence-corrected chi connectivity index (χ1v) is 7.02. The predicted octanol–water partition coefficient (Wildman–Crippen LogP) is 0.609. The molecule has 11 heavy (non-hydrogen) atoms. The van der Waals surface area contributed by atoms with E-state index in [-0.39, 0.29) is 5.91 Å². The van der Waals surface area contributed by atoms with E-state index in [1.807, 2.05) is 4.90 Å². The molecular weight excluding hydrogens is 158 g/mol. The zero-order valence-electron chi connectivity index (χ0n) is 7.39. The number of carbonyl (C=O) groups is 1. The fourth-order valence-electron chi connectivity index (χ4n) is 1.29. The zero-order valence-corrected chi connectivity index (χ0v) is 8.39. The van der Waals surface area contributed by atoms with Gasteiger partial charge in [0.25, 0.3) is 0 Å². The Morgan fingerprint density at radius 2 is 2.18 bits per heavy atom. The van der Waals surface area contributed by atoms with Gasteiger partial charge in [-0.05, 0) is 13.1 Å². The van der Waals surface area contributed by atoms with Crippen molar-refractivity contribution in [1.29, 1.82) is 0 Å². The minimum absolute atomic E-state index is 0.175. The first-order chi connectivity index (χ1) is 5.01. The second kappa shape index (κ2) is 2.95. The quantitative estimate of drug-likeness (QED) is 0.502. The summed E-state index contributed by atoms with van der Waals surface area (Å²) < 4.78 is 5.59. The van der Waals surface area contributed by atoms with E-state index in [2.05, 4.69) is 13.1 Å². The number of nitrogens with zero attached hydrogens (tertiary/aromatic N) is 1. The summed E-state index contributed by atoms with van der Waals surface area (Å²) >= 11 is 0. The van der Waals surface area contributed by atoms with Crippen LogP contribution < -0.4 is 0 Å². The number of hydrogen-bond acceptors (Lipinski definition) is 2. The van der Waals surface area contributed by atoms with Crippen molar-refractivity contribution in [3.8, 4) is 0 Å². The first-order valence-electron chi connectivity index (χ1n) is 3.91. The van der Waals surface area contributed by atoms with Gasteiger partial charge < -0.3 is 9.33 Å². The van der Waals surface area contributed by atoms with E-state index >= 15 is 0 Å². The second-order valence-corrected chi connectivity index (χ2v) is 7.67. The van der Waals surface area contributed by atoms with Crippen molar-refractivity contribution < 1.29 is 9.22 Å². The highest BCUT2D eigenvalue weighted by atomic mass is 28.4. The monoisotopic (exact) mass is 173 g/mol. The van der Waals surface area contributed by atoms with Gasteiger partial charge in [-0.1, -0.05) is 0 Å². The fourth-order valence-corrected chi connectivity index (χ4v) is 3.32. The highest BCUT2D eigenvalue weighted by molar-refractivity contribution is 6.71. The lowest BCUT2D eigenvalue weighted by Crippen LogP contribution is -2.53. The third kappa shape index (κ3) is 2.30. The Kier molecular flexibility index (Phi) is 2.34. The van der Waals surface area contributed by atoms with Crippen LogP contribution in [0.1, 0.15) is 6.92 Å². The summed E-state index contributed by atoms with van der Waals surface area (Å²) in [5.41, 5.74) is 0. The Bertz CT molecular complexity index is 170. The molecule has 64 valence electrons. The van der Waals surface area contributed by atoms with Crippen LogP contribution in [0.5, 0.6) is 0 Å².